The first kappa shape index (κ1) is 13.0. The third-order valence-corrected chi connectivity index (χ3v) is 5.33. The zero-order valence-electron chi connectivity index (χ0n) is 10.2. The van der Waals surface area contributed by atoms with E-state index in [0.717, 1.165) is 0 Å². The van der Waals surface area contributed by atoms with Crippen molar-refractivity contribution in [3.05, 3.63) is 51.2 Å². The molecule has 1 aromatic heterocycles. The highest BCUT2D eigenvalue weighted by Crippen LogP contribution is 2.39. The van der Waals surface area contributed by atoms with Gasteiger partial charge in [0, 0.05) is 14.6 Å². The average Bonchev–Trinajstić information content (AvgIpc) is 2.67. The minimum atomic E-state index is -0.0302. The van der Waals surface area contributed by atoms with Gasteiger partial charge in [-0.05, 0) is 43.4 Å². The van der Waals surface area contributed by atoms with E-state index >= 15 is 0 Å². The van der Waals surface area contributed by atoms with E-state index in [0.29, 0.717) is 0 Å². The fourth-order valence-corrected chi connectivity index (χ4v) is 4.16. The lowest BCUT2D eigenvalue weighted by Crippen LogP contribution is -1.94. The van der Waals surface area contributed by atoms with Crippen molar-refractivity contribution in [3.63, 3.8) is 0 Å². The van der Waals surface area contributed by atoms with Gasteiger partial charge in [0.2, 0.25) is 0 Å². The molecule has 0 radical (unpaired) electrons. The van der Waals surface area contributed by atoms with Crippen molar-refractivity contribution in [3.8, 4) is 0 Å². The summed E-state index contributed by atoms with van der Waals surface area (Å²) in [6.45, 7) is 4.27. The van der Waals surface area contributed by atoms with Crippen LogP contribution in [0.15, 0.2) is 35.2 Å². The maximum absolute atomic E-state index is 6.63. The Morgan fingerprint density at radius 2 is 1.94 bits per heavy atom. The van der Waals surface area contributed by atoms with Crippen LogP contribution in [0.5, 0.6) is 0 Å². The molecule has 0 spiro atoms. The number of hydrogen-bond acceptors (Lipinski definition) is 2. The van der Waals surface area contributed by atoms with Crippen LogP contribution in [0.3, 0.4) is 0 Å². The molecule has 0 nitrogen and oxygen atoms in total. The Labute approximate surface area is 116 Å². The number of thioether (sulfide) groups is 1. The lowest BCUT2D eigenvalue weighted by atomic mass is 10.1. The van der Waals surface area contributed by atoms with Gasteiger partial charge in [-0.15, -0.1) is 34.7 Å². The van der Waals surface area contributed by atoms with E-state index < -0.39 is 0 Å². The standard InChI is InChI=1S/C14H15ClS2/c1-9-8-10(2)17-14(9)13(15)11-6-4-5-7-12(11)16-3/h4-8,13H,1-3H3. The molecule has 0 aliphatic heterocycles. The Balaban J connectivity index is 2.43. The summed E-state index contributed by atoms with van der Waals surface area (Å²) in [5.41, 5.74) is 2.51. The third kappa shape index (κ3) is 2.70. The van der Waals surface area contributed by atoms with Gasteiger partial charge in [0.1, 0.15) is 0 Å². The van der Waals surface area contributed by atoms with Crippen molar-refractivity contribution in [1.82, 2.24) is 0 Å². The normalized spacial score (nSPS) is 12.7. The Hall–Kier alpha value is -0.440. The summed E-state index contributed by atoms with van der Waals surface area (Å²) in [5.74, 6) is 0. The zero-order chi connectivity index (χ0) is 12.4. The van der Waals surface area contributed by atoms with Gasteiger partial charge < -0.3 is 0 Å². The van der Waals surface area contributed by atoms with E-state index in [4.69, 9.17) is 11.6 Å². The van der Waals surface area contributed by atoms with Gasteiger partial charge in [-0.25, -0.2) is 0 Å². The number of benzene rings is 1. The fraction of sp³-hybridized carbons (Fsp3) is 0.286. The summed E-state index contributed by atoms with van der Waals surface area (Å²) >= 11 is 10.2. The maximum Gasteiger partial charge on any atom is 0.0941 e. The lowest BCUT2D eigenvalue weighted by molar-refractivity contribution is 1.10. The predicted octanol–water partition coefficient (Wildman–Crippen LogP) is 5.42. The molecule has 0 fully saturated rings. The first-order chi connectivity index (χ1) is 8.13. The molecule has 0 aliphatic rings. The molecule has 17 heavy (non-hydrogen) atoms. The predicted molar refractivity (Wildman–Crippen MR) is 79.7 cm³/mol. The van der Waals surface area contributed by atoms with Crippen molar-refractivity contribution < 1.29 is 0 Å². The Bertz CT molecular complexity index is 517. The number of aryl methyl sites for hydroxylation is 2. The van der Waals surface area contributed by atoms with E-state index in [1.807, 2.05) is 0 Å². The molecule has 0 saturated carbocycles. The van der Waals surface area contributed by atoms with Crippen molar-refractivity contribution in [2.24, 2.45) is 0 Å². The van der Waals surface area contributed by atoms with Crippen LogP contribution in [0.2, 0.25) is 0 Å². The second-order valence-electron chi connectivity index (χ2n) is 4.01. The van der Waals surface area contributed by atoms with E-state index in [-0.39, 0.29) is 5.38 Å². The molecule has 1 heterocycles. The maximum atomic E-state index is 6.63. The molecule has 0 aliphatic carbocycles. The SMILES string of the molecule is CSc1ccccc1C(Cl)c1sc(C)cc1C. The van der Waals surface area contributed by atoms with E-state index in [2.05, 4.69) is 50.4 Å². The molecular formula is C14H15ClS2. The topological polar surface area (TPSA) is 0 Å². The zero-order valence-corrected chi connectivity index (χ0v) is 12.5. The van der Waals surface area contributed by atoms with Crippen molar-refractivity contribution >= 4 is 34.7 Å². The molecule has 0 bridgehead atoms. The van der Waals surface area contributed by atoms with Crippen LogP contribution in [0.25, 0.3) is 0 Å². The Morgan fingerprint density at radius 3 is 2.53 bits per heavy atom. The minimum absolute atomic E-state index is 0.0302. The first-order valence-electron chi connectivity index (χ1n) is 5.47. The highest BCUT2D eigenvalue weighted by molar-refractivity contribution is 7.98. The Kier molecular flexibility index (Phi) is 4.18. The van der Waals surface area contributed by atoms with Crippen molar-refractivity contribution in [2.75, 3.05) is 6.26 Å². The number of alkyl halides is 1. The molecule has 3 heteroatoms. The molecule has 0 amide bonds. The largest absolute Gasteiger partial charge is 0.143 e. The van der Waals surface area contributed by atoms with Gasteiger partial charge in [-0.2, -0.15) is 0 Å². The molecule has 90 valence electrons. The third-order valence-electron chi connectivity index (χ3n) is 2.72. The fourth-order valence-electron chi connectivity index (χ4n) is 1.93. The lowest BCUT2D eigenvalue weighted by Gasteiger charge is -2.13. The molecular weight excluding hydrogens is 268 g/mol. The molecule has 1 unspecified atom stereocenters. The van der Waals surface area contributed by atoms with E-state index in [1.165, 1.54) is 25.8 Å². The van der Waals surface area contributed by atoms with Crippen LogP contribution < -0.4 is 0 Å². The summed E-state index contributed by atoms with van der Waals surface area (Å²) in [6, 6.07) is 10.6. The highest BCUT2D eigenvalue weighted by atomic mass is 35.5. The van der Waals surface area contributed by atoms with Gasteiger partial charge >= 0.3 is 0 Å². The molecule has 1 aromatic carbocycles. The van der Waals surface area contributed by atoms with Gasteiger partial charge in [0.15, 0.2) is 0 Å². The van der Waals surface area contributed by atoms with Gasteiger partial charge in [-0.3, -0.25) is 0 Å². The summed E-state index contributed by atoms with van der Waals surface area (Å²) in [7, 11) is 0. The van der Waals surface area contributed by atoms with Crippen LogP contribution in [0, 0.1) is 13.8 Å². The second kappa shape index (κ2) is 5.47. The number of halogens is 1. The number of thiophene rings is 1. The molecule has 1 atom stereocenters. The summed E-state index contributed by atoms with van der Waals surface area (Å²) in [6.07, 6.45) is 2.09. The van der Waals surface area contributed by atoms with E-state index in [9.17, 15) is 0 Å². The van der Waals surface area contributed by atoms with Gasteiger partial charge in [-0.1, -0.05) is 18.2 Å². The van der Waals surface area contributed by atoms with Crippen LogP contribution in [-0.4, -0.2) is 6.26 Å². The highest BCUT2D eigenvalue weighted by Gasteiger charge is 2.18. The quantitative estimate of drug-likeness (QED) is 0.535. The van der Waals surface area contributed by atoms with Crippen molar-refractivity contribution in [1.29, 1.82) is 0 Å². The first-order valence-corrected chi connectivity index (χ1v) is 7.95. The number of hydrogen-bond donors (Lipinski definition) is 0. The van der Waals surface area contributed by atoms with Crippen molar-refractivity contribution in [2.45, 2.75) is 24.1 Å². The summed E-state index contributed by atoms with van der Waals surface area (Å²) in [5, 5.41) is -0.0302. The van der Waals surface area contributed by atoms with Gasteiger partial charge in [0.25, 0.3) is 0 Å². The molecule has 0 saturated heterocycles. The summed E-state index contributed by atoms with van der Waals surface area (Å²) < 4.78 is 0. The van der Waals surface area contributed by atoms with Crippen LogP contribution >= 0.6 is 34.7 Å². The second-order valence-corrected chi connectivity index (χ2v) is 6.58. The average molecular weight is 283 g/mol. The monoisotopic (exact) mass is 282 g/mol. The summed E-state index contributed by atoms with van der Waals surface area (Å²) in [4.78, 5) is 3.86. The van der Waals surface area contributed by atoms with Crippen LogP contribution in [0.1, 0.15) is 26.3 Å². The Morgan fingerprint density at radius 1 is 1.24 bits per heavy atom. The van der Waals surface area contributed by atoms with Crippen LogP contribution in [-0.2, 0) is 0 Å². The number of rotatable bonds is 3. The molecule has 0 N–H and O–H groups in total. The van der Waals surface area contributed by atoms with E-state index in [1.54, 1.807) is 23.1 Å². The van der Waals surface area contributed by atoms with Gasteiger partial charge in [0.05, 0.1) is 5.38 Å². The smallest absolute Gasteiger partial charge is 0.0941 e. The van der Waals surface area contributed by atoms with Crippen LogP contribution in [0.4, 0.5) is 0 Å². The molecule has 2 aromatic rings. The minimum Gasteiger partial charge on any atom is -0.143 e. The molecule has 2 rings (SSSR count).